The summed E-state index contributed by atoms with van der Waals surface area (Å²) in [6.07, 6.45) is -5.98. The SMILES string of the molecule is CCc1ccc(Cc2sccc2OC2OC(CO)C(O)C(F)[C@@H]2O)cc1. The van der Waals surface area contributed by atoms with Crippen molar-refractivity contribution in [3.63, 3.8) is 0 Å². The largest absolute Gasteiger partial charge is 0.461 e. The van der Waals surface area contributed by atoms with E-state index in [0.29, 0.717) is 12.2 Å². The van der Waals surface area contributed by atoms with Crippen LogP contribution in [0.5, 0.6) is 5.75 Å². The Kier molecular flexibility index (Phi) is 6.26. The minimum atomic E-state index is -1.95. The second-order valence-corrected chi connectivity index (χ2v) is 7.32. The van der Waals surface area contributed by atoms with Crippen LogP contribution >= 0.6 is 11.3 Å². The van der Waals surface area contributed by atoms with Gasteiger partial charge in [-0.15, -0.1) is 11.3 Å². The lowest BCUT2D eigenvalue weighted by molar-refractivity contribution is -0.265. The highest BCUT2D eigenvalue weighted by atomic mass is 32.1. The molecule has 4 unspecified atom stereocenters. The van der Waals surface area contributed by atoms with Crippen molar-refractivity contribution in [2.24, 2.45) is 0 Å². The fraction of sp³-hybridized carbons (Fsp3) is 0.474. The molecule has 0 amide bonds. The lowest BCUT2D eigenvalue weighted by atomic mass is 10.0. The Morgan fingerprint density at radius 3 is 2.46 bits per heavy atom. The van der Waals surface area contributed by atoms with Gasteiger partial charge in [-0.3, -0.25) is 0 Å². The second kappa shape index (κ2) is 8.45. The van der Waals surface area contributed by atoms with E-state index in [1.807, 2.05) is 5.38 Å². The number of halogens is 1. The summed E-state index contributed by atoms with van der Waals surface area (Å²) in [5.74, 6) is 0.499. The molecule has 1 saturated heterocycles. The highest BCUT2D eigenvalue weighted by Crippen LogP contribution is 2.32. The molecule has 0 aliphatic carbocycles. The number of aryl methyl sites for hydroxylation is 1. The van der Waals surface area contributed by atoms with E-state index in [9.17, 15) is 19.7 Å². The minimum absolute atomic E-state index is 0.499. The third-order valence-corrected chi connectivity index (χ3v) is 5.45. The number of alkyl halides is 1. The zero-order chi connectivity index (χ0) is 18.7. The maximum atomic E-state index is 14.0. The Bertz CT molecular complexity index is 702. The van der Waals surface area contributed by atoms with Gasteiger partial charge in [-0.1, -0.05) is 31.2 Å². The normalized spacial score (nSPS) is 28.9. The van der Waals surface area contributed by atoms with Crippen LogP contribution in [0.25, 0.3) is 0 Å². The summed E-state index contributed by atoms with van der Waals surface area (Å²) in [5.41, 5.74) is 2.38. The first-order chi connectivity index (χ1) is 12.5. The molecule has 142 valence electrons. The van der Waals surface area contributed by atoms with Gasteiger partial charge in [0, 0.05) is 6.42 Å². The molecule has 5 atom stereocenters. The molecule has 26 heavy (non-hydrogen) atoms. The van der Waals surface area contributed by atoms with Crippen LogP contribution < -0.4 is 4.74 Å². The summed E-state index contributed by atoms with van der Waals surface area (Å²) in [6.45, 7) is 1.54. The zero-order valence-electron chi connectivity index (χ0n) is 14.4. The molecule has 1 aromatic carbocycles. The number of aliphatic hydroxyl groups is 3. The first kappa shape index (κ1) is 19.3. The Balaban J connectivity index is 1.71. The molecule has 3 rings (SSSR count). The van der Waals surface area contributed by atoms with Crippen LogP contribution in [0.2, 0.25) is 0 Å². The summed E-state index contributed by atoms with van der Waals surface area (Å²) in [6, 6.07) is 10.0. The average Bonchev–Trinajstić information content (AvgIpc) is 3.09. The van der Waals surface area contributed by atoms with Gasteiger partial charge in [0.1, 0.15) is 24.1 Å². The van der Waals surface area contributed by atoms with Crippen molar-refractivity contribution in [2.45, 2.75) is 50.5 Å². The van der Waals surface area contributed by atoms with Crippen LogP contribution in [0, 0.1) is 0 Å². The molecule has 1 aromatic heterocycles. The molecule has 0 spiro atoms. The lowest BCUT2D eigenvalue weighted by Crippen LogP contribution is -2.58. The minimum Gasteiger partial charge on any atom is -0.461 e. The van der Waals surface area contributed by atoms with E-state index in [1.54, 1.807) is 6.07 Å². The van der Waals surface area contributed by atoms with Gasteiger partial charge in [0.2, 0.25) is 6.29 Å². The molecule has 2 aromatic rings. The van der Waals surface area contributed by atoms with Crippen molar-refractivity contribution in [1.29, 1.82) is 0 Å². The number of thiophene rings is 1. The number of benzene rings is 1. The van der Waals surface area contributed by atoms with Gasteiger partial charge in [-0.2, -0.15) is 0 Å². The highest BCUT2D eigenvalue weighted by molar-refractivity contribution is 7.10. The topological polar surface area (TPSA) is 79.2 Å². The summed E-state index contributed by atoms with van der Waals surface area (Å²) < 4.78 is 25.1. The van der Waals surface area contributed by atoms with Crippen molar-refractivity contribution in [1.82, 2.24) is 0 Å². The smallest absolute Gasteiger partial charge is 0.229 e. The van der Waals surface area contributed by atoms with Gasteiger partial charge < -0.3 is 24.8 Å². The summed E-state index contributed by atoms with van der Waals surface area (Å²) >= 11 is 1.50. The fourth-order valence-corrected chi connectivity index (χ4v) is 3.74. The molecule has 1 aliphatic rings. The van der Waals surface area contributed by atoms with E-state index in [1.165, 1.54) is 16.9 Å². The molecule has 7 heteroatoms. The van der Waals surface area contributed by atoms with E-state index in [-0.39, 0.29) is 0 Å². The van der Waals surface area contributed by atoms with E-state index >= 15 is 0 Å². The van der Waals surface area contributed by atoms with Gasteiger partial charge in [-0.25, -0.2) is 4.39 Å². The van der Waals surface area contributed by atoms with Gasteiger partial charge in [-0.05, 0) is 29.0 Å². The predicted molar refractivity (Wildman–Crippen MR) is 96.2 cm³/mol. The van der Waals surface area contributed by atoms with E-state index < -0.39 is 37.4 Å². The van der Waals surface area contributed by atoms with Gasteiger partial charge >= 0.3 is 0 Å². The Hall–Kier alpha value is -1.51. The van der Waals surface area contributed by atoms with Crippen molar-refractivity contribution in [2.75, 3.05) is 6.61 Å². The number of hydrogen-bond donors (Lipinski definition) is 3. The molecule has 0 saturated carbocycles. The molecule has 0 radical (unpaired) electrons. The van der Waals surface area contributed by atoms with Crippen molar-refractivity contribution in [3.8, 4) is 5.75 Å². The monoisotopic (exact) mass is 382 g/mol. The maximum Gasteiger partial charge on any atom is 0.229 e. The van der Waals surface area contributed by atoms with Crippen molar-refractivity contribution in [3.05, 3.63) is 51.7 Å². The molecule has 2 heterocycles. The number of hydrogen-bond acceptors (Lipinski definition) is 6. The number of rotatable bonds is 6. The van der Waals surface area contributed by atoms with Gasteiger partial charge in [0.05, 0.1) is 11.5 Å². The van der Waals surface area contributed by atoms with Crippen LogP contribution in [0.1, 0.15) is 22.9 Å². The van der Waals surface area contributed by atoms with Gasteiger partial charge in [0.25, 0.3) is 0 Å². The van der Waals surface area contributed by atoms with Crippen LogP contribution in [0.3, 0.4) is 0 Å². The zero-order valence-corrected chi connectivity index (χ0v) is 15.2. The third-order valence-electron chi connectivity index (χ3n) is 4.54. The molecule has 1 aliphatic heterocycles. The second-order valence-electron chi connectivity index (χ2n) is 6.32. The van der Waals surface area contributed by atoms with E-state index in [4.69, 9.17) is 9.47 Å². The van der Waals surface area contributed by atoms with Crippen LogP contribution in [0.4, 0.5) is 4.39 Å². The molecule has 5 nitrogen and oxygen atoms in total. The van der Waals surface area contributed by atoms with Gasteiger partial charge in [0.15, 0.2) is 6.17 Å². The molecule has 1 fully saturated rings. The number of aliphatic hydroxyl groups excluding tert-OH is 3. The van der Waals surface area contributed by atoms with Crippen LogP contribution in [-0.4, -0.2) is 52.7 Å². The molecule has 0 bridgehead atoms. The average molecular weight is 382 g/mol. The maximum absolute atomic E-state index is 14.0. The first-order valence-electron chi connectivity index (χ1n) is 8.60. The van der Waals surface area contributed by atoms with Crippen LogP contribution in [-0.2, 0) is 17.6 Å². The Labute approximate surface area is 155 Å². The van der Waals surface area contributed by atoms with Crippen LogP contribution in [0.15, 0.2) is 35.7 Å². The predicted octanol–water partition coefficient (Wildman–Crippen LogP) is 2.06. The lowest BCUT2D eigenvalue weighted by Gasteiger charge is -2.38. The first-order valence-corrected chi connectivity index (χ1v) is 9.48. The quantitative estimate of drug-likeness (QED) is 0.713. The Morgan fingerprint density at radius 2 is 1.81 bits per heavy atom. The summed E-state index contributed by atoms with van der Waals surface area (Å²) in [4.78, 5) is 0.923. The summed E-state index contributed by atoms with van der Waals surface area (Å²) in [7, 11) is 0. The van der Waals surface area contributed by atoms with Crippen molar-refractivity contribution >= 4 is 11.3 Å². The van der Waals surface area contributed by atoms with E-state index in [2.05, 4.69) is 31.2 Å². The summed E-state index contributed by atoms with van der Waals surface area (Å²) in [5, 5.41) is 30.7. The highest BCUT2D eigenvalue weighted by Gasteiger charge is 2.46. The van der Waals surface area contributed by atoms with E-state index in [0.717, 1.165) is 16.9 Å². The third kappa shape index (κ3) is 4.07. The molecular weight excluding hydrogens is 359 g/mol. The van der Waals surface area contributed by atoms with Crippen molar-refractivity contribution < 1.29 is 29.2 Å². The Morgan fingerprint density at radius 1 is 1.12 bits per heavy atom. The number of ether oxygens (including phenoxy) is 2. The molecule has 3 N–H and O–H groups in total. The molecular formula is C19H23FO5S. The fourth-order valence-electron chi connectivity index (χ4n) is 2.91. The standard InChI is InChI=1S/C19H23FO5S/c1-2-11-3-5-12(6-4-11)9-15-13(7-8-26-15)24-19-18(23)16(20)17(22)14(10-21)25-19/h3-8,14,16-19,21-23H,2,9-10H2,1H3/t14?,16?,17?,18-,19?/m0/s1.